The first-order valence-corrected chi connectivity index (χ1v) is 9.29. The number of aromatic amines is 1. The summed E-state index contributed by atoms with van der Waals surface area (Å²) < 4.78 is 0. The first-order valence-electron chi connectivity index (χ1n) is 9.29. The van der Waals surface area contributed by atoms with Gasteiger partial charge in [0.05, 0.1) is 0 Å². The van der Waals surface area contributed by atoms with Gasteiger partial charge in [0, 0.05) is 18.0 Å². The summed E-state index contributed by atoms with van der Waals surface area (Å²) in [6, 6.07) is 10.2. The van der Waals surface area contributed by atoms with Gasteiger partial charge in [0.15, 0.2) is 5.82 Å². The van der Waals surface area contributed by atoms with E-state index in [-0.39, 0.29) is 12.4 Å². The second kappa shape index (κ2) is 8.79. The van der Waals surface area contributed by atoms with Crippen molar-refractivity contribution < 1.29 is 0 Å². The van der Waals surface area contributed by atoms with Gasteiger partial charge in [0.25, 0.3) is 0 Å². The summed E-state index contributed by atoms with van der Waals surface area (Å²) in [6.07, 6.45) is 5.09. The Labute approximate surface area is 156 Å². The predicted molar refractivity (Wildman–Crippen MR) is 103 cm³/mol. The second-order valence-electron chi connectivity index (χ2n) is 7.20. The Morgan fingerprint density at radius 2 is 1.88 bits per heavy atom. The van der Waals surface area contributed by atoms with Gasteiger partial charge in [-0.2, -0.15) is 5.10 Å². The minimum absolute atomic E-state index is 0. The Bertz CT molecular complexity index is 630. The zero-order valence-corrected chi connectivity index (χ0v) is 15.5. The van der Waals surface area contributed by atoms with Crippen LogP contribution in [0, 0.1) is 5.92 Å². The molecule has 0 aliphatic carbocycles. The van der Waals surface area contributed by atoms with E-state index in [2.05, 4.69) is 32.5 Å². The lowest BCUT2D eigenvalue weighted by atomic mass is 9.93. The third kappa shape index (κ3) is 4.60. The maximum atomic E-state index is 4.75. The van der Waals surface area contributed by atoms with Gasteiger partial charge < -0.3 is 10.2 Å². The molecule has 0 radical (unpaired) electrons. The third-order valence-corrected chi connectivity index (χ3v) is 5.42. The third-order valence-electron chi connectivity index (χ3n) is 5.42. The zero-order chi connectivity index (χ0) is 16.2. The molecule has 2 N–H and O–H groups in total. The van der Waals surface area contributed by atoms with Crippen LogP contribution in [0.25, 0.3) is 11.4 Å². The van der Waals surface area contributed by atoms with Crippen molar-refractivity contribution >= 4 is 12.4 Å². The molecule has 5 nitrogen and oxygen atoms in total. The minimum atomic E-state index is 0. The molecule has 1 unspecified atom stereocenters. The molecule has 0 spiro atoms. The number of nitrogens with zero attached hydrogens (tertiary/aromatic N) is 3. The van der Waals surface area contributed by atoms with Crippen LogP contribution in [0.1, 0.15) is 37.4 Å². The van der Waals surface area contributed by atoms with E-state index in [1.165, 1.54) is 58.4 Å². The Kier molecular flexibility index (Phi) is 6.45. The molecule has 2 fully saturated rings. The molecule has 136 valence electrons. The lowest BCUT2D eigenvalue weighted by molar-refractivity contribution is 0.167. The number of likely N-dealkylation sites (tertiary alicyclic amines) is 1. The number of aromatic nitrogens is 3. The summed E-state index contributed by atoms with van der Waals surface area (Å²) in [5.41, 5.74) is 1.09. The molecule has 6 heteroatoms. The lowest BCUT2D eigenvalue weighted by Crippen LogP contribution is -2.41. The van der Waals surface area contributed by atoms with Crippen molar-refractivity contribution in [1.82, 2.24) is 25.4 Å². The maximum Gasteiger partial charge on any atom is 0.181 e. The topological polar surface area (TPSA) is 56.8 Å². The van der Waals surface area contributed by atoms with Crippen LogP contribution < -0.4 is 5.32 Å². The van der Waals surface area contributed by atoms with Crippen LogP contribution >= 0.6 is 12.4 Å². The van der Waals surface area contributed by atoms with Crippen molar-refractivity contribution in [3.8, 4) is 11.4 Å². The van der Waals surface area contributed by atoms with Crippen molar-refractivity contribution in [2.45, 2.75) is 31.6 Å². The summed E-state index contributed by atoms with van der Waals surface area (Å²) in [5, 5.41) is 11.1. The Hall–Kier alpha value is -1.43. The first-order chi connectivity index (χ1) is 11.9. The van der Waals surface area contributed by atoms with Gasteiger partial charge >= 0.3 is 0 Å². The fourth-order valence-electron chi connectivity index (χ4n) is 4.01. The van der Waals surface area contributed by atoms with E-state index >= 15 is 0 Å². The highest BCUT2D eigenvalue weighted by molar-refractivity contribution is 5.85. The number of hydrogen-bond donors (Lipinski definition) is 2. The van der Waals surface area contributed by atoms with Gasteiger partial charge in [-0.3, -0.25) is 5.10 Å². The SMILES string of the molecule is Cl.c1ccc(-c2n[nH]c(C3CCN(CC4CCCNC4)CC3)n2)cc1. The second-order valence-corrected chi connectivity index (χ2v) is 7.20. The van der Waals surface area contributed by atoms with E-state index in [0.29, 0.717) is 5.92 Å². The number of hydrogen-bond acceptors (Lipinski definition) is 4. The molecule has 4 rings (SSSR count). The molecule has 2 aromatic rings. The van der Waals surface area contributed by atoms with Gasteiger partial charge in [-0.25, -0.2) is 4.98 Å². The number of rotatable bonds is 4. The number of piperidine rings is 2. The summed E-state index contributed by atoms with van der Waals surface area (Å²) in [5.74, 6) is 3.25. The molecule has 2 aliphatic heterocycles. The van der Waals surface area contributed by atoms with E-state index in [1.54, 1.807) is 0 Å². The van der Waals surface area contributed by atoms with Crippen molar-refractivity contribution in [2.75, 3.05) is 32.7 Å². The van der Waals surface area contributed by atoms with Crippen molar-refractivity contribution in [3.63, 3.8) is 0 Å². The zero-order valence-electron chi connectivity index (χ0n) is 14.7. The van der Waals surface area contributed by atoms with Crippen LogP contribution in [0.5, 0.6) is 0 Å². The average molecular weight is 362 g/mol. The van der Waals surface area contributed by atoms with E-state index in [9.17, 15) is 0 Å². The van der Waals surface area contributed by atoms with Crippen LogP contribution in [-0.2, 0) is 0 Å². The summed E-state index contributed by atoms with van der Waals surface area (Å²) in [7, 11) is 0. The van der Waals surface area contributed by atoms with Crippen LogP contribution in [0.15, 0.2) is 30.3 Å². The molecule has 1 aromatic heterocycles. The average Bonchev–Trinajstić information content (AvgIpc) is 3.14. The Balaban J connectivity index is 0.00000182. The summed E-state index contributed by atoms with van der Waals surface area (Å²) in [6.45, 7) is 6.02. The van der Waals surface area contributed by atoms with Crippen LogP contribution in [-0.4, -0.2) is 52.8 Å². The number of halogens is 1. The lowest BCUT2D eigenvalue weighted by Gasteiger charge is -2.34. The summed E-state index contributed by atoms with van der Waals surface area (Å²) >= 11 is 0. The van der Waals surface area contributed by atoms with Gasteiger partial charge in [-0.1, -0.05) is 30.3 Å². The van der Waals surface area contributed by atoms with E-state index < -0.39 is 0 Å². The number of H-pyrrole nitrogens is 1. The monoisotopic (exact) mass is 361 g/mol. The van der Waals surface area contributed by atoms with Gasteiger partial charge in [-0.05, 0) is 57.8 Å². The largest absolute Gasteiger partial charge is 0.316 e. The highest BCUT2D eigenvalue weighted by atomic mass is 35.5. The van der Waals surface area contributed by atoms with E-state index in [1.807, 2.05) is 18.2 Å². The highest BCUT2D eigenvalue weighted by Gasteiger charge is 2.25. The van der Waals surface area contributed by atoms with E-state index in [0.717, 1.165) is 23.1 Å². The van der Waals surface area contributed by atoms with Crippen molar-refractivity contribution in [2.24, 2.45) is 5.92 Å². The first kappa shape index (κ1) is 18.4. The van der Waals surface area contributed by atoms with Crippen LogP contribution in [0.2, 0.25) is 0 Å². The smallest absolute Gasteiger partial charge is 0.181 e. The molecule has 2 saturated heterocycles. The molecule has 1 aromatic carbocycles. The molecule has 3 heterocycles. The van der Waals surface area contributed by atoms with Crippen molar-refractivity contribution in [3.05, 3.63) is 36.2 Å². The standard InChI is InChI=1S/C19H27N5.ClH/c1-2-6-16(7-3-1)18-21-19(23-22-18)17-8-11-24(12-9-17)14-15-5-4-10-20-13-15;/h1-3,6-7,15,17,20H,4-5,8-14H2,(H,21,22,23);1H. The molecule has 25 heavy (non-hydrogen) atoms. The van der Waals surface area contributed by atoms with Gasteiger partial charge in [0.2, 0.25) is 0 Å². The van der Waals surface area contributed by atoms with Crippen LogP contribution in [0.4, 0.5) is 0 Å². The van der Waals surface area contributed by atoms with E-state index in [4.69, 9.17) is 4.98 Å². The molecule has 2 aliphatic rings. The van der Waals surface area contributed by atoms with Crippen LogP contribution in [0.3, 0.4) is 0 Å². The fourth-order valence-corrected chi connectivity index (χ4v) is 4.01. The molecule has 0 amide bonds. The van der Waals surface area contributed by atoms with Crippen molar-refractivity contribution in [1.29, 1.82) is 0 Å². The minimum Gasteiger partial charge on any atom is -0.316 e. The quantitative estimate of drug-likeness (QED) is 0.878. The fraction of sp³-hybridized carbons (Fsp3) is 0.579. The normalized spacial score (nSPS) is 22.5. The highest BCUT2D eigenvalue weighted by Crippen LogP contribution is 2.27. The van der Waals surface area contributed by atoms with Gasteiger partial charge in [0.1, 0.15) is 5.82 Å². The molecule has 0 bridgehead atoms. The molecular formula is C19H28ClN5. The number of benzene rings is 1. The molecular weight excluding hydrogens is 334 g/mol. The Morgan fingerprint density at radius 1 is 1.08 bits per heavy atom. The molecule has 1 atom stereocenters. The predicted octanol–water partition coefficient (Wildman–Crippen LogP) is 3.07. The molecule has 0 saturated carbocycles. The Morgan fingerprint density at radius 3 is 2.60 bits per heavy atom. The number of nitrogens with one attached hydrogen (secondary N) is 2. The maximum absolute atomic E-state index is 4.75. The summed E-state index contributed by atoms with van der Waals surface area (Å²) in [4.78, 5) is 7.39. The van der Waals surface area contributed by atoms with Gasteiger partial charge in [-0.15, -0.1) is 12.4 Å².